The summed E-state index contributed by atoms with van der Waals surface area (Å²) >= 11 is 0. The summed E-state index contributed by atoms with van der Waals surface area (Å²) in [4.78, 5) is 16.2. The van der Waals surface area contributed by atoms with Crippen LogP contribution in [0.15, 0.2) is 54.6 Å². The molecule has 1 aromatic heterocycles. The highest BCUT2D eigenvalue weighted by atomic mass is 16.5. The van der Waals surface area contributed by atoms with Crippen LogP contribution in [-0.2, 0) is 11.2 Å². The third-order valence-corrected chi connectivity index (χ3v) is 5.46. The molecular weight excluding hydrogens is 418 g/mol. The molecule has 0 spiro atoms. The number of benzene rings is 3. The fourth-order valence-corrected chi connectivity index (χ4v) is 3.80. The molecule has 33 heavy (non-hydrogen) atoms. The molecule has 7 nitrogen and oxygen atoms in total. The van der Waals surface area contributed by atoms with Crippen molar-refractivity contribution in [3.63, 3.8) is 0 Å². The number of fused-ring (bicyclic) bond motifs is 2. The van der Waals surface area contributed by atoms with Gasteiger partial charge in [0.1, 0.15) is 0 Å². The highest BCUT2D eigenvalue weighted by Gasteiger charge is 2.15. The third-order valence-electron chi connectivity index (χ3n) is 5.46. The summed E-state index contributed by atoms with van der Waals surface area (Å²) in [5.41, 5.74) is 5.77. The molecule has 1 amide bonds. The molecule has 7 heteroatoms. The maximum absolute atomic E-state index is 11.3. The molecule has 0 atom stereocenters. The lowest BCUT2D eigenvalue weighted by Gasteiger charge is -2.16. The fourth-order valence-electron chi connectivity index (χ4n) is 3.80. The molecule has 2 N–H and O–H groups in total. The first-order valence-corrected chi connectivity index (χ1v) is 10.7. The van der Waals surface area contributed by atoms with Gasteiger partial charge >= 0.3 is 6.09 Å². The smallest absolute Gasteiger partial charge is 0.406 e. The minimum absolute atomic E-state index is 0.306. The Morgan fingerprint density at radius 2 is 1.70 bits per heavy atom. The summed E-state index contributed by atoms with van der Waals surface area (Å²) < 4.78 is 16.2. The monoisotopic (exact) mass is 445 g/mol. The van der Waals surface area contributed by atoms with E-state index >= 15 is 0 Å². The number of hydrogen-bond donors (Lipinski definition) is 2. The van der Waals surface area contributed by atoms with Gasteiger partial charge in [0.15, 0.2) is 11.5 Å². The number of hydrogen-bond acceptors (Lipinski definition) is 6. The molecule has 0 saturated carbocycles. The van der Waals surface area contributed by atoms with Crippen LogP contribution in [0.5, 0.6) is 11.5 Å². The van der Waals surface area contributed by atoms with Crippen LogP contribution in [-0.4, -0.2) is 39.0 Å². The summed E-state index contributed by atoms with van der Waals surface area (Å²) in [5.74, 6) is 1.27. The molecule has 0 aliphatic heterocycles. The van der Waals surface area contributed by atoms with Crippen molar-refractivity contribution in [1.82, 2.24) is 10.3 Å². The summed E-state index contributed by atoms with van der Waals surface area (Å²) in [6, 6.07) is 18.1. The third kappa shape index (κ3) is 4.77. The predicted molar refractivity (Wildman–Crippen MR) is 131 cm³/mol. The first kappa shape index (κ1) is 22.2. The van der Waals surface area contributed by atoms with Gasteiger partial charge in [-0.3, -0.25) is 0 Å². The number of ether oxygens (including phenoxy) is 3. The average Bonchev–Trinajstić information content (AvgIpc) is 2.83. The predicted octanol–water partition coefficient (Wildman–Crippen LogP) is 5.36. The van der Waals surface area contributed by atoms with E-state index in [-0.39, 0.29) is 0 Å². The first-order valence-electron chi connectivity index (χ1n) is 10.7. The lowest BCUT2D eigenvalue weighted by atomic mass is 10.0. The van der Waals surface area contributed by atoms with Crippen LogP contribution in [0.25, 0.3) is 21.8 Å². The Hall–Kier alpha value is -4.00. The van der Waals surface area contributed by atoms with E-state index in [2.05, 4.69) is 35.8 Å². The molecule has 0 radical (unpaired) electrons. The van der Waals surface area contributed by atoms with Crippen molar-refractivity contribution in [2.24, 2.45) is 0 Å². The number of nitrogens with one attached hydrogen (secondary N) is 2. The molecule has 0 aliphatic carbocycles. The molecule has 0 saturated heterocycles. The maximum Gasteiger partial charge on any atom is 0.406 e. The molecule has 170 valence electrons. The van der Waals surface area contributed by atoms with E-state index < -0.39 is 6.09 Å². The molecule has 4 aromatic rings. The van der Waals surface area contributed by atoms with Crippen LogP contribution < -0.4 is 20.1 Å². The van der Waals surface area contributed by atoms with Gasteiger partial charge in [0.05, 0.1) is 37.5 Å². The van der Waals surface area contributed by atoms with E-state index in [9.17, 15) is 4.79 Å². The second kappa shape index (κ2) is 9.65. The van der Waals surface area contributed by atoms with E-state index in [0.717, 1.165) is 44.3 Å². The van der Waals surface area contributed by atoms with E-state index in [4.69, 9.17) is 19.2 Å². The van der Waals surface area contributed by atoms with Crippen molar-refractivity contribution >= 4 is 39.3 Å². The number of pyridine rings is 1. The van der Waals surface area contributed by atoms with Gasteiger partial charge in [-0.05, 0) is 42.8 Å². The first-order chi connectivity index (χ1) is 16.0. The maximum atomic E-state index is 11.3. The Balaban J connectivity index is 1.78. The lowest BCUT2D eigenvalue weighted by Crippen LogP contribution is -2.20. The summed E-state index contributed by atoms with van der Waals surface area (Å²) in [6.45, 7) is 2.37. The number of nitrogens with zero attached hydrogens (tertiary/aromatic N) is 1. The van der Waals surface area contributed by atoms with Crippen LogP contribution in [0.4, 0.5) is 16.2 Å². The van der Waals surface area contributed by atoms with Crippen molar-refractivity contribution in [3.05, 3.63) is 65.7 Å². The number of aryl methyl sites for hydroxylation is 1. The Morgan fingerprint density at radius 1 is 0.939 bits per heavy atom. The molecule has 3 aromatic carbocycles. The fraction of sp³-hybridized carbons (Fsp3) is 0.231. The number of rotatable bonds is 7. The number of aromatic nitrogens is 1. The van der Waals surface area contributed by atoms with Crippen LogP contribution in [0.1, 0.15) is 11.1 Å². The number of carbonyl (C=O) groups excluding carboxylic acids is 1. The lowest BCUT2D eigenvalue weighted by molar-refractivity contribution is 0.150. The molecule has 4 rings (SSSR count). The number of carbonyl (C=O) groups is 1. The molecule has 0 fully saturated rings. The van der Waals surface area contributed by atoms with Gasteiger partial charge < -0.3 is 24.8 Å². The highest BCUT2D eigenvalue weighted by Crippen LogP contribution is 2.39. The van der Waals surface area contributed by atoms with Gasteiger partial charge in [-0.25, -0.2) is 9.78 Å². The SMILES string of the molecule is CNC(=O)OCCc1cccc(Nc2c3cc(C)ccc3nc3cc(OC)c(OC)cc23)c1. The average molecular weight is 446 g/mol. The molecule has 0 aliphatic rings. The van der Waals surface area contributed by atoms with Gasteiger partial charge in [-0.2, -0.15) is 0 Å². The second-order valence-electron chi connectivity index (χ2n) is 7.69. The molecule has 0 unspecified atom stereocenters. The van der Waals surface area contributed by atoms with E-state index in [0.29, 0.717) is 24.5 Å². The second-order valence-corrected chi connectivity index (χ2v) is 7.69. The van der Waals surface area contributed by atoms with Gasteiger partial charge in [-0.15, -0.1) is 0 Å². The normalized spacial score (nSPS) is 10.8. The van der Waals surface area contributed by atoms with Crippen LogP contribution in [0.2, 0.25) is 0 Å². The minimum Gasteiger partial charge on any atom is -0.493 e. The van der Waals surface area contributed by atoms with Crippen molar-refractivity contribution in [2.45, 2.75) is 13.3 Å². The van der Waals surface area contributed by atoms with Crippen LogP contribution in [0.3, 0.4) is 0 Å². The molecule has 1 heterocycles. The zero-order valence-corrected chi connectivity index (χ0v) is 19.2. The Kier molecular flexibility index (Phi) is 6.49. The van der Waals surface area contributed by atoms with Gasteiger partial charge in [0, 0.05) is 36.0 Å². The number of alkyl carbamates (subject to hydrolysis) is 1. The summed E-state index contributed by atoms with van der Waals surface area (Å²) in [7, 11) is 4.79. The van der Waals surface area contributed by atoms with E-state index in [1.54, 1.807) is 21.3 Å². The summed E-state index contributed by atoms with van der Waals surface area (Å²) in [5, 5.41) is 8.00. The van der Waals surface area contributed by atoms with E-state index in [1.165, 1.54) is 0 Å². The zero-order chi connectivity index (χ0) is 23.4. The van der Waals surface area contributed by atoms with Crippen molar-refractivity contribution in [3.8, 4) is 11.5 Å². The van der Waals surface area contributed by atoms with Crippen molar-refractivity contribution in [1.29, 1.82) is 0 Å². The zero-order valence-electron chi connectivity index (χ0n) is 19.2. The molecule has 0 bridgehead atoms. The van der Waals surface area contributed by atoms with Crippen LogP contribution in [0, 0.1) is 6.92 Å². The standard InChI is InChI=1S/C26H27N3O4/c1-16-8-9-21-19(12-16)25(20-14-23(31-3)24(32-4)15-22(20)29-21)28-18-7-5-6-17(13-18)10-11-33-26(30)27-2/h5-9,12-15H,10-11H2,1-4H3,(H,27,30)(H,28,29). The van der Waals surface area contributed by atoms with E-state index in [1.807, 2.05) is 36.4 Å². The van der Waals surface area contributed by atoms with Gasteiger partial charge in [0.2, 0.25) is 0 Å². The quantitative estimate of drug-likeness (QED) is 0.373. The topological polar surface area (TPSA) is 81.7 Å². The Bertz CT molecular complexity index is 1320. The largest absolute Gasteiger partial charge is 0.493 e. The summed E-state index contributed by atoms with van der Waals surface area (Å²) in [6.07, 6.45) is 0.184. The number of anilines is 2. The number of methoxy groups -OCH3 is 2. The molecular formula is C26H27N3O4. The minimum atomic E-state index is -0.432. The Morgan fingerprint density at radius 3 is 2.45 bits per heavy atom. The van der Waals surface area contributed by atoms with Crippen molar-refractivity contribution in [2.75, 3.05) is 33.2 Å². The Labute approximate surface area is 192 Å². The van der Waals surface area contributed by atoms with Gasteiger partial charge in [-0.1, -0.05) is 23.8 Å². The number of amides is 1. The van der Waals surface area contributed by atoms with Crippen molar-refractivity contribution < 1.29 is 19.0 Å². The van der Waals surface area contributed by atoms with Gasteiger partial charge in [0.25, 0.3) is 0 Å². The van der Waals surface area contributed by atoms with Crippen LogP contribution >= 0.6 is 0 Å². The highest BCUT2D eigenvalue weighted by molar-refractivity contribution is 6.09.